The minimum Gasteiger partial charge on any atom is -0.507 e. The van der Waals surface area contributed by atoms with Crippen LogP contribution in [0.5, 0.6) is 5.75 Å². The SMILES string of the molecule is CCCCN(C(=O)C(CS)NC(=O)OC(C)(C)C)C(C(=O)NCC(=O)OC)c1cccc(C)c1O. The van der Waals surface area contributed by atoms with Gasteiger partial charge in [0.15, 0.2) is 0 Å². The van der Waals surface area contributed by atoms with Gasteiger partial charge in [-0.3, -0.25) is 14.4 Å². The number of alkyl carbamates (subject to hydrolysis) is 1. The highest BCUT2D eigenvalue weighted by Crippen LogP contribution is 2.32. The lowest BCUT2D eigenvalue weighted by Crippen LogP contribution is -2.54. The number of aromatic hydroxyl groups is 1. The molecular formula is C24H37N3O7S. The molecule has 3 N–H and O–H groups in total. The number of unbranched alkanes of at least 4 members (excludes halogenated alkanes) is 1. The van der Waals surface area contributed by atoms with Crippen LogP contribution in [0, 0.1) is 6.92 Å². The zero-order valence-electron chi connectivity index (χ0n) is 21.2. The molecule has 0 fully saturated rings. The van der Waals surface area contributed by atoms with Crippen molar-refractivity contribution < 1.29 is 33.8 Å². The number of hydrogen-bond acceptors (Lipinski definition) is 8. The first-order chi connectivity index (χ1) is 16.4. The number of nitrogens with zero attached hydrogens (tertiary/aromatic N) is 1. The van der Waals surface area contributed by atoms with Crippen LogP contribution < -0.4 is 10.6 Å². The fourth-order valence-electron chi connectivity index (χ4n) is 3.21. The highest BCUT2D eigenvalue weighted by Gasteiger charge is 2.37. The molecule has 2 unspecified atom stereocenters. The number of hydrogen-bond donors (Lipinski definition) is 4. The van der Waals surface area contributed by atoms with Gasteiger partial charge in [-0.1, -0.05) is 31.5 Å². The Morgan fingerprint density at radius 2 is 1.86 bits per heavy atom. The second kappa shape index (κ2) is 13.8. The van der Waals surface area contributed by atoms with Crippen molar-refractivity contribution in [3.05, 3.63) is 29.3 Å². The fourth-order valence-corrected chi connectivity index (χ4v) is 3.46. The number of amides is 3. The number of benzene rings is 1. The van der Waals surface area contributed by atoms with E-state index in [1.807, 2.05) is 6.92 Å². The molecule has 1 rings (SSSR count). The van der Waals surface area contributed by atoms with Crippen molar-refractivity contribution in [1.29, 1.82) is 0 Å². The van der Waals surface area contributed by atoms with Gasteiger partial charge in [0.2, 0.25) is 11.8 Å². The van der Waals surface area contributed by atoms with E-state index in [1.165, 1.54) is 18.1 Å². The number of methoxy groups -OCH3 is 1. The Labute approximate surface area is 212 Å². The van der Waals surface area contributed by atoms with Crippen LogP contribution in [0.15, 0.2) is 18.2 Å². The van der Waals surface area contributed by atoms with Gasteiger partial charge in [-0.2, -0.15) is 12.6 Å². The number of carbonyl (C=O) groups is 4. The lowest BCUT2D eigenvalue weighted by Gasteiger charge is -2.34. The molecule has 3 amide bonds. The van der Waals surface area contributed by atoms with Gasteiger partial charge < -0.3 is 30.1 Å². The number of ether oxygens (including phenoxy) is 2. The van der Waals surface area contributed by atoms with E-state index < -0.39 is 48.1 Å². The largest absolute Gasteiger partial charge is 0.507 e. The number of aryl methyl sites for hydroxylation is 1. The molecule has 1 aromatic rings. The molecule has 0 heterocycles. The fraction of sp³-hybridized carbons (Fsp3) is 0.583. The molecule has 0 saturated carbocycles. The lowest BCUT2D eigenvalue weighted by atomic mass is 9.99. The molecular weight excluding hydrogens is 474 g/mol. The molecule has 1 aromatic carbocycles. The first kappa shape index (κ1) is 30.1. The predicted octanol–water partition coefficient (Wildman–Crippen LogP) is 2.48. The van der Waals surface area contributed by atoms with Crippen molar-refractivity contribution in [3.8, 4) is 5.75 Å². The quantitative estimate of drug-likeness (QED) is 0.265. The van der Waals surface area contributed by atoms with Crippen molar-refractivity contribution >= 4 is 36.5 Å². The zero-order valence-corrected chi connectivity index (χ0v) is 22.1. The molecule has 11 heteroatoms. The number of phenolic OH excluding ortho intramolecular Hbond substituents is 1. The summed E-state index contributed by atoms with van der Waals surface area (Å²) in [5, 5.41) is 15.7. The van der Waals surface area contributed by atoms with Gasteiger partial charge >= 0.3 is 12.1 Å². The number of para-hydroxylation sites is 1. The summed E-state index contributed by atoms with van der Waals surface area (Å²) in [5.41, 5.74) is -0.0828. The summed E-state index contributed by atoms with van der Waals surface area (Å²) in [4.78, 5) is 52.2. The Morgan fingerprint density at radius 1 is 1.20 bits per heavy atom. The normalized spacial score (nSPS) is 12.8. The van der Waals surface area contributed by atoms with E-state index in [0.29, 0.717) is 18.4 Å². The molecule has 0 saturated heterocycles. The molecule has 0 aliphatic carbocycles. The molecule has 196 valence electrons. The lowest BCUT2D eigenvalue weighted by molar-refractivity contribution is -0.144. The first-order valence-corrected chi connectivity index (χ1v) is 12.0. The highest BCUT2D eigenvalue weighted by atomic mass is 32.1. The summed E-state index contributed by atoms with van der Waals surface area (Å²) in [7, 11) is 1.19. The minimum atomic E-state index is -1.28. The van der Waals surface area contributed by atoms with Crippen LogP contribution in [0.25, 0.3) is 0 Å². The minimum absolute atomic E-state index is 0.0585. The summed E-state index contributed by atoms with van der Waals surface area (Å²) in [6.45, 7) is 8.41. The summed E-state index contributed by atoms with van der Waals surface area (Å²) >= 11 is 4.22. The van der Waals surface area contributed by atoms with Crippen LogP contribution in [-0.2, 0) is 23.9 Å². The highest BCUT2D eigenvalue weighted by molar-refractivity contribution is 7.80. The Morgan fingerprint density at radius 3 is 2.40 bits per heavy atom. The van der Waals surface area contributed by atoms with E-state index in [4.69, 9.17) is 4.74 Å². The van der Waals surface area contributed by atoms with Gasteiger partial charge in [-0.05, 0) is 39.7 Å². The molecule has 0 aliphatic rings. The third-order valence-corrected chi connectivity index (χ3v) is 5.33. The monoisotopic (exact) mass is 511 g/mol. The predicted molar refractivity (Wildman–Crippen MR) is 134 cm³/mol. The van der Waals surface area contributed by atoms with Crippen LogP contribution >= 0.6 is 12.6 Å². The number of carbonyl (C=O) groups excluding carboxylic acids is 4. The molecule has 0 aliphatic heterocycles. The number of phenols is 1. The molecule has 2 atom stereocenters. The van der Waals surface area contributed by atoms with Crippen molar-refractivity contribution in [2.24, 2.45) is 0 Å². The molecule has 10 nitrogen and oxygen atoms in total. The van der Waals surface area contributed by atoms with E-state index in [2.05, 4.69) is 28.0 Å². The average Bonchev–Trinajstić information content (AvgIpc) is 2.79. The smallest absolute Gasteiger partial charge is 0.408 e. The second-order valence-electron chi connectivity index (χ2n) is 8.98. The van der Waals surface area contributed by atoms with Crippen LogP contribution in [-0.4, -0.2) is 71.5 Å². The third kappa shape index (κ3) is 9.31. The number of nitrogens with one attached hydrogen (secondary N) is 2. The van der Waals surface area contributed by atoms with E-state index in [9.17, 15) is 24.3 Å². The average molecular weight is 512 g/mol. The first-order valence-electron chi connectivity index (χ1n) is 11.4. The number of thiol groups is 1. The van der Waals surface area contributed by atoms with Gasteiger partial charge in [0.1, 0.15) is 30.0 Å². The Bertz CT molecular complexity index is 902. The number of esters is 1. The summed E-state index contributed by atoms with van der Waals surface area (Å²) in [6, 6.07) is 2.48. The van der Waals surface area contributed by atoms with Crippen molar-refractivity contribution in [2.45, 2.75) is 65.1 Å². The summed E-state index contributed by atoms with van der Waals surface area (Å²) < 4.78 is 9.85. The zero-order chi connectivity index (χ0) is 26.8. The maximum absolute atomic E-state index is 13.6. The van der Waals surface area contributed by atoms with Crippen LogP contribution in [0.4, 0.5) is 4.79 Å². The molecule has 0 bridgehead atoms. The Hall–Kier alpha value is -2.95. The Balaban J connectivity index is 3.44. The van der Waals surface area contributed by atoms with Gasteiger partial charge in [0, 0.05) is 17.9 Å². The summed E-state index contributed by atoms with van der Waals surface area (Å²) in [6.07, 6.45) is 0.459. The maximum atomic E-state index is 13.6. The topological polar surface area (TPSA) is 134 Å². The van der Waals surface area contributed by atoms with Gasteiger partial charge in [-0.25, -0.2) is 4.79 Å². The number of rotatable bonds is 11. The van der Waals surface area contributed by atoms with Gasteiger partial charge in [0.05, 0.1) is 7.11 Å². The molecule has 0 aromatic heterocycles. The second-order valence-corrected chi connectivity index (χ2v) is 9.34. The molecule has 0 spiro atoms. The third-order valence-electron chi connectivity index (χ3n) is 4.97. The van der Waals surface area contributed by atoms with E-state index in [-0.39, 0.29) is 23.6 Å². The van der Waals surface area contributed by atoms with Crippen LogP contribution in [0.2, 0.25) is 0 Å². The molecule has 35 heavy (non-hydrogen) atoms. The van der Waals surface area contributed by atoms with Gasteiger partial charge in [0.25, 0.3) is 0 Å². The standard InChI is InChI=1S/C24H37N3O7S/c1-7-8-12-27(22(31)17(14-35)26-23(32)34-24(3,4)5)19(21(30)25-13-18(28)33-6)16-11-9-10-15(2)20(16)29/h9-11,17,19,29,35H,7-8,12-14H2,1-6H3,(H,25,30)(H,26,32). The van der Waals surface area contributed by atoms with Crippen molar-refractivity contribution in [1.82, 2.24) is 15.5 Å². The Kier molecular flexibility index (Phi) is 11.9. The van der Waals surface area contributed by atoms with E-state index in [0.717, 1.165) is 0 Å². The maximum Gasteiger partial charge on any atom is 0.408 e. The van der Waals surface area contributed by atoms with Crippen molar-refractivity contribution in [2.75, 3.05) is 26.0 Å². The van der Waals surface area contributed by atoms with Crippen LogP contribution in [0.1, 0.15) is 57.7 Å². The molecule has 0 radical (unpaired) electrons. The van der Waals surface area contributed by atoms with E-state index in [1.54, 1.807) is 39.8 Å². The van der Waals surface area contributed by atoms with Crippen LogP contribution in [0.3, 0.4) is 0 Å². The summed E-state index contributed by atoms with van der Waals surface area (Å²) in [5.74, 6) is -2.15. The van der Waals surface area contributed by atoms with Gasteiger partial charge in [-0.15, -0.1) is 0 Å². The van der Waals surface area contributed by atoms with Crippen molar-refractivity contribution in [3.63, 3.8) is 0 Å². The van der Waals surface area contributed by atoms with E-state index >= 15 is 0 Å².